The van der Waals surface area contributed by atoms with Gasteiger partial charge in [0, 0.05) is 35.3 Å². The van der Waals surface area contributed by atoms with Gasteiger partial charge >= 0.3 is 0 Å². The van der Waals surface area contributed by atoms with E-state index in [1.807, 2.05) is 12.1 Å². The smallest absolute Gasteiger partial charge is 0.220 e. The fraction of sp³-hybridized carbons (Fsp3) is 0.389. The average molecular weight is 380 g/mol. The molecule has 1 aliphatic carbocycles. The van der Waals surface area contributed by atoms with Crippen LogP contribution in [-0.4, -0.2) is 5.91 Å². The van der Waals surface area contributed by atoms with E-state index in [2.05, 4.69) is 28.2 Å². The summed E-state index contributed by atoms with van der Waals surface area (Å²) in [5.74, 6) is 2.70. The molecule has 3 rings (SSSR count). The van der Waals surface area contributed by atoms with Crippen LogP contribution in [0.2, 0.25) is 0 Å². The summed E-state index contributed by atoms with van der Waals surface area (Å²) in [5, 5.41) is 2.74. The van der Waals surface area contributed by atoms with Crippen molar-refractivity contribution in [2.45, 2.75) is 38.6 Å². The maximum Gasteiger partial charge on any atom is 0.220 e. The summed E-state index contributed by atoms with van der Waals surface area (Å²) in [4.78, 5) is 11.9. The van der Waals surface area contributed by atoms with E-state index in [4.69, 9.17) is 4.42 Å². The summed E-state index contributed by atoms with van der Waals surface area (Å²) >= 11 is 3.30. The van der Waals surface area contributed by atoms with Crippen molar-refractivity contribution < 1.29 is 13.6 Å². The molecule has 0 radical (unpaired) electrons. The molecule has 1 heterocycles. The molecular weight excluding hydrogens is 361 g/mol. The fourth-order valence-electron chi connectivity index (χ4n) is 2.64. The van der Waals surface area contributed by atoms with Crippen LogP contribution in [0.25, 0.3) is 0 Å². The van der Waals surface area contributed by atoms with Gasteiger partial charge in [-0.05, 0) is 42.7 Å². The molecule has 3 nitrogen and oxygen atoms in total. The van der Waals surface area contributed by atoms with Crippen molar-refractivity contribution in [3.8, 4) is 0 Å². The number of benzene rings is 1. The first-order valence-corrected chi connectivity index (χ1v) is 8.61. The molecule has 1 aromatic heterocycles. The van der Waals surface area contributed by atoms with Crippen LogP contribution in [0.5, 0.6) is 0 Å². The third-order valence-electron chi connectivity index (χ3n) is 4.24. The van der Waals surface area contributed by atoms with Gasteiger partial charge in [-0.2, -0.15) is 0 Å². The highest BCUT2D eigenvalue weighted by molar-refractivity contribution is 9.10. The van der Waals surface area contributed by atoms with Gasteiger partial charge in [0.25, 0.3) is 0 Å². The van der Waals surface area contributed by atoms with Crippen molar-refractivity contribution in [3.05, 3.63) is 57.7 Å². The molecule has 1 fully saturated rings. The first kappa shape index (κ1) is 16.2. The van der Waals surface area contributed by atoms with Crippen LogP contribution in [0, 0.1) is 11.7 Å². The van der Waals surface area contributed by atoms with Crippen molar-refractivity contribution in [1.82, 2.24) is 5.32 Å². The van der Waals surface area contributed by atoms with Gasteiger partial charge < -0.3 is 9.73 Å². The largest absolute Gasteiger partial charge is 0.466 e. The van der Waals surface area contributed by atoms with Crippen LogP contribution in [0.3, 0.4) is 0 Å². The number of furan rings is 1. The SMILES string of the molecule is CC1CC1c1ccc(CCC(=O)NCc2cc(Br)ccc2F)o1. The molecule has 0 aliphatic heterocycles. The van der Waals surface area contributed by atoms with Crippen molar-refractivity contribution in [2.75, 3.05) is 0 Å². The Morgan fingerprint density at radius 1 is 1.39 bits per heavy atom. The minimum absolute atomic E-state index is 0.109. The molecule has 2 unspecified atom stereocenters. The van der Waals surface area contributed by atoms with Crippen LogP contribution in [-0.2, 0) is 17.8 Å². The number of hydrogen-bond acceptors (Lipinski definition) is 2. The Morgan fingerprint density at radius 2 is 2.17 bits per heavy atom. The standard InChI is InChI=1S/C18H19BrFNO2/c1-11-8-15(11)17-6-3-14(23-17)4-7-18(22)21-10-12-9-13(19)2-5-16(12)20/h2-3,5-6,9,11,15H,4,7-8,10H2,1H3,(H,21,22). The molecule has 1 N–H and O–H groups in total. The van der Waals surface area contributed by atoms with E-state index in [9.17, 15) is 9.18 Å². The van der Waals surface area contributed by atoms with Crippen molar-refractivity contribution in [2.24, 2.45) is 5.92 Å². The highest BCUT2D eigenvalue weighted by atomic mass is 79.9. The number of rotatable bonds is 6. The zero-order valence-corrected chi connectivity index (χ0v) is 14.5. The Bertz CT molecular complexity index is 713. The lowest BCUT2D eigenvalue weighted by Crippen LogP contribution is -2.23. The molecular formula is C18H19BrFNO2. The summed E-state index contributed by atoms with van der Waals surface area (Å²) in [7, 11) is 0. The third-order valence-corrected chi connectivity index (χ3v) is 4.73. The van der Waals surface area contributed by atoms with E-state index in [1.54, 1.807) is 12.1 Å². The lowest BCUT2D eigenvalue weighted by molar-refractivity contribution is -0.121. The molecule has 0 spiro atoms. The molecule has 1 aliphatic rings. The Balaban J connectivity index is 1.46. The average Bonchev–Trinajstić information content (AvgIpc) is 3.07. The van der Waals surface area contributed by atoms with Crippen molar-refractivity contribution in [1.29, 1.82) is 0 Å². The zero-order valence-electron chi connectivity index (χ0n) is 12.9. The minimum atomic E-state index is -0.317. The van der Waals surface area contributed by atoms with E-state index < -0.39 is 0 Å². The van der Waals surface area contributed by atoms with E-state index in [-0.39, 0.29) is 18.3 Å². The number of halogens is 2. The Labute approximate surface area is 143 Å². The maximum absolute atomic E-state index is 13.6. The lowest BCUT2D eigenvalue weighted by Gasteiger charge is -2.06. The molecule has 5 heteroatoms. The van der Waals surface area contributed by atoms with E-state index in [0.717, 1.165) is 16.0 Å². The third kappa shape index (κ3) is 4.22. The van der Waals surface area contributed by atoms with Gasteiger partial charge in [0.15, 0.2) is 0 Å². The van der Waals surface area contributed by atoms with Gasteiger partial charge in [0.2, 0.25) is 5.91 Å². The number of nitrogens with one attached hydrogen (secondary N) is 1. The van der Waals surface area contributed by atoms with E-state index in [1.165, 1.54) is 12.5 Å². The van der Waals surface area contributed by atoms with Gasteiger partial charge in [-0.1, -0.05) is 22.9 Å². The molecule has 2 aromatic rings. The molecule has 23 heavy (non-hydrogen) atoms. The predicted molar refractivity (Wildman–Crippen MR) is 89.5 cm³/mol. The predicted octanol–water partition coefficient (Wildman–Crippen LogP) is 4.55. The molecule has 1 saturated carbocycles. The number of hydrogen-bond donors (Lipinski definition) is 1. The van der Waals surface area contributed by atoms with Gasteiger partial charge in [-0.25, -0.2) is 4.39 Å². The van der Waals surface area contributed by atoms with Crippen LogP contribution in [0.15, 0.2) is 39.2 Å². The van der Waals surface area contributed by atoms with Crippen LogP contribution in [0.4, 0.5) is 4.39 Å². The number of amides is 1. The van der Waals surface area contributed by atoms with Crippen LogP contribution in [0.1, 0.15) is 42.8 Å². The van der Waals surface area contributed by atoms with Gasteiger partial charge in [0.1, 0.15) is 17.3 Å². The second kappa shape index (κ2) is 6.87. The molecule has 2 atom stereocenters. The second-order valence-corrected chi connectivity index (χ2v) is 7.05. The number of carbonyl (C=O) groups is 1. The Hall–Kier alpha value is -1.62. The molecule has 1 amide bonds. The molecule has 0 bridgehead atoms. The monoisotopic (exact) mass is 379 g/mol. The Kier molecular flexibility index (Phi) is 4.85. The quantitative estimate of drug-likeness (QED) is 0.799. The summed E-state index contributed by atoms with van der Waals surface area (Å²) in [6.07, 6.45) is 2.09. The number of carbonyl (C=O) groups excluding carboxylic acids is 1. The van der Waals surface area contributed by atoms with Gasteiger partial charge in [0.05, 0.1) is 0 Å². The minimum Gasteiger partial charge on any atom is -0.466 e. The second-order valence-electron chi connectivity index (χ2n) is 6.14. The summed E-state index contributed by atoms with van der Waals surface area (Å²) in [6.45, 7) is 2.40. The van der Waals surface area contributed by atoms with Crippen molar-refractivity contribution >= 4 is 21.8 Å². The normalized spacial score (nSPS) is 19.6. The molecule has 122 valence electrons. The molecule has 0 saturated heterocycles. The highest BCUT2D eigenvalue weighted by Gasteiger charge is 2.36. The lowest BCUT2D eigenvalue weighted by atomic mass is 10.2. The summed E-state index contributed by atoms with van der Waals surface area (Å²) in [6, 6.07) is 8.65. The summed E-state index contributed by atoms with van der Waals surface area (Å²) in [5.41, 5.74) is 0.468. The first-order valence-electron chi connectivity index (χ1n) is 7.82. The van der Waals surface area contributed by atoms with Gasteiger partial charge in [-0.15, -0.1) is 0 Å². The van der Waals surface area contributed by atoms with Gasteiger partial charge in [-0.3, -0.25) is 4.79 Å². The molecule has 1 aromatic carbocycles. The van der Waals surface area contributed by atoms with Crippen LogP contribution >= 0.6 is 15.9 Å². The number of aryl methyl sites for hydroxylation is 1. The zero-order chi connectivity index (χ0) is 16.4. The topological polar surface area (TPSA) is 42.2 Å². The maximum atomic E-state index is 13.6. The Morgan fingerprint density at radius 3 is 2.91 bits per heavy atom. The van der Waals surface area contributed by atoms with E-state index >= 15 is 0 Å². The summed E-state index contributed by atoms with van der Waals surface area (Å²) < 4.78 is 20.2. The van der Waals surface area contributed by atoms with Crippen molar-refractivity contribution in [3.63, 3.8) is 0 Å². The first-order chi connectivity index (χ1) is 11.0. The van der Waals surface area contributed by atoms with E-state index in [0.29, 0.717) is 30.2 Å². The van der Waals surface area contributed by atoms with Crippen LogP contribution < -0.4 is 5.32 Å². The highest BCUT2D eigenvalue weighted by Crippen LogP contribution is 2.47. The fourth-order valence-corrected chi connectivity index (χ4v) is 3.05.